The zero-order valence-corrected chi connectivity index (χ0v) is 14.2. The second-order valence-corrected chi connectivity index (χ2v) is 6.03. The summed E-state index contributed by atoms with van der Waals surface area (Å²) >= 11 is 0. The van der Waals surface area contributed by atoms with E-state index in [0.717, 1.165) is 12.1 Å². The van der Waals surface area contributed by atoms with Crippen LogP contribution in [0, 0.1) is 5.92 Å². The van der Waals surface area contributed by atoms with E-state index in [1.165, 1.54) is 30.5 Å². The number of benzene rings is 1. The Morgan fingerprint density at radius 1 is 1.12 bits per heavy atom. The maximum absolute atomic E-state index is 13.0. The van der Waals surface area contributed by atoms with Gasteiger partial charge in [-0.3, -0.25) is 14.6 Å². The smallest absolute Gasteiger partial charge is 0.352 e. The van der Waals surface area contributed by atoms with Crippen LogP contribution < -0.4 is 10.6 Å². The molecule has 0 aliphatic rings. The molecule has 138 valence electrons. The molecule has 0 saturated heterocycles. The van der Waals surface area contributed by atoms with Crippen LogP contribution in [0.5, 0.6) is 0 Å². The number of nitrogens with zero attached hydrogens (tertiary/aromatic N) is 1. The van der Waals surface area contributed by atoms with Gasteiger partial charge in [0.2, 0.25) is 0 Å². The van der Waals surface area contributed by atoms with Crippen LogP contribution >= 0.6 is 0 Å². The highest BCUT2D eigenvalue weighted by Gasteiger charge is 2.33. The number of hydrogen-bond donors (Lipinski definition) is 2. The van der Waals surface area contributed by atoms with Crippen molar-refractivity contribution in [3.05, 3.63) is 59.4 Å². The SMILES string of the molecule is CC(C)CNC(=O)c1ccnc(C(=O)Nc2ccccc2C(F)(F)F)c1. The van der Waals surface area contributed by atoms with Gasteiger partial charge >= 0.3 is 6.18 Å². The molecule has 0 radical (unpaired) electrons. The van der Waals surface area contributed by atoms with Gasteiger partial charge < -0.3 is 10.6 Å². The van der Waals surface area contributed by atoms with Crippen LogP contribution in [0.2, 0.25) is 0 Å². The molecule has 0 spiro atoms. The lowest BCUT2D eigenvalue weighted by Crippen LogP contribution is -2.27. The zero-order chi connectivity index (χ0) is 19.3. The summed E-state index contributed by atoms with van der Waals surface area (Å²) < 4.78 is 39.0. The molecule has 2 amide bonds. The Morgan fingerprint density at radius 2 is 1.81 bits per heavy atom. The topological polar surface area (TPSA) is 71.1 Å². The number of carbonyl (C=O) groups is 2. The average Bonchev–Trinajstić information content (AvgIpc) is 2.59. The van der Waals surface area contributed by atoms with Gasteiger partial charge in [0.25, 0.3) is 11.8 Å². The molecular formula is C18H18F3N3O2. The van der Waals surface area contributed by atoms with Gasteiger partial charge in [0, 0.05) is 18.3 Å². The molecule has 8 heteroatoms. The van der Waals surface area contributed by atoms with Gasteiger partial charge in [0.15, 0.2) is 0 Å². The molecule has 0 saturated carbocycles. The Kier molecular flexibility index (Phi) is 5.97. The summed E-state index contributed by atoms with van der Waals surface area (Å²) in [4.78, 5) is 28.1. The van der Waals surface area contributed by atoms with Crippen molar-refractivity contribution < 1.29 is 22.8 Å². The number of rotatable bonds is 5. The second kappa shape index (κ2) is 7.99. The molecule has 2 rings (SSSR count). The first-order valence-electron chi connectivity index (χ1n) is 7.90. The van der Waals surface area contributed by atoms with Crippen molar-refractivity contribution in [1.29, 1.82) is 0 Å². The van der Waals surface area contributed by atoms with E-state index in [9.17, 15) is 22.8 Å². The summed E-state index contributed by atoms with van der Waals surface area (Å²) in [6.45, 7) is 4.33. The minimum Gasteiger partial charge on any atom is -0.352 e. The van der Waals surface area contributed by atoms with Gasteiger partial charge in [-0.25, -0.2) is 0 Å². The Bertz CT molecular complexity index is 804. The molecule has 1 aromatic heterocycles. The van der Waals surface area contributed by atoms with Gasteiger partial charge in [0.1, 0.15) is 5.69 Å². The van der Waals surface area contributed by atoms with Crippen molar-refractivity contribution in [2.75, 3.05) is 11.9 Å². The number of hydrogen-bond acceptors (Lipinski definition) is 3. The number of nitrogens with one attached hydrogen (secondary N) is 2. The number of pyridine rings is 1. The molecule has 0 unspecified atom stereocenters. The summed E-state index contributed by atoms with van der Waals surface area (Å²) in [6.07, 6.45) is -3.34. The third-order valence-corrected chi connectivity index (χ3v) is 3.41. The molecule has 2 aromatic rings. The highest BCUT2D eigenvalue weighted by molar-refractivity contribution is 6.05. The van der Waals surface area contributed by atoms with E-state index in [1.54, 1.807) is 0 Å². The fraction of sp³-hybridized carbons (Fsp3) is 0.278. The van der Waals surface area contributed by atoms with E-state index < -0.39 is 17.6 Å². The molecule has 1 aromatic carbocycles. The molecule has 1 heterocycles. The lowest BCUT2D eigenvalue weighted by molar-refractivity contribution is -0.136. The van der Waals surface area contributed by atoms with Gasteiger partial charge in [0.05, 0.1) is 11.3 Å². The summed E-state index contributed by atoms with van der Waals surface area (Å²) in [5, 5.41) is 4.89. The zero-order valence-electron chi connectivity index (χ0n) is 14.2. The largest absolute Gasteiger partial charge is 0.418 e. The number of anilines is 1. The molecule has 2 N–H and O–H groups in total. The lowest BCUT2D eigenvalue weighted by atomic mass is 10.1. The molecule has 0 atom stereocenters. The minimum absolute atomic E-state index is 0.154. The first-order chi connectivity index (χ1) is 12.2. The Morgan fingerprint density at radius 3 is 2.46 bits per heavy atom. The van der Waals surface area contributed by atoms with E-state index in [-0.39, 0.29) is 28.8 Å². The number of carbonyl (C=O) groups excluding carboxylic acids is 2. The van der Waals surface area contributed by atoms with Crippen molar-refractivity contribution in [3.8, 4) is 0 Å². The standard InChI is InChI=1S/C18H18F3N3O2/c1-11(2)10-23-16(25)12-7-8-22-15(9-12)17(26)24-14-6-4-3-5-13(14)18(19,20)21/h3-9,11H,10H2,1-2H3,(H,23,25)(H,24,26). The Hall–Kier alpha value is -2.90. The Labute approximate surface area is 148 Å². The quantitative estimate of drug-likeness (QED) is 0.848. The molecule has 5 nitrogen and oxygen atoms in total. The molecule has 0 aliphatic carbocycles. The molecule has 26 heavy (non-hydrogen) atoms. The van der Waals surface area contributed by atoms with Crippen molar-refractivity contribution in [1.82, 2.24) is 10.3 Å². The fourth-order valence-electron chi connectivity index (χ4n) is 2.12. The summed E-state index contributed by atoms with van der Waals surface area (Å²) in [6, 6.07) is 7.31. The summed E-state index contributed by atoms with van der Waals surface area (Å²) in [5.41, 5.74) is -1.28. The third-order valence-electron chi connectivity index (χ3n) is 3.41. The highest BCUT2D eigenvalue weighted by Crippen LogP contribution is 2.34. The maximum atomic E-state index is 13.0. The van der Waals surface area contributed by atoms with Crippen molar-refractivity contribution in [3.63, 3.8) is 0 Å². The molecule has 0 fully saturated rings. The number of aromatic nitrogens is 1. The number of para-hydroxylation sites is 1. The van der Waals surface area contributed by atoms with E-state index in [1.807, 2.05) is 13.8 Å². The Balaban J connectivity index is 2.19. The molecule has 0 aliphatic heterocycles. The van der Waals surface area contributed by atoms with E-state index in [0.29, 0.717) is 6.54 Å². The molecular weight excluding hydrogens is 347 g/mol. The van der Waals surface area contributed by atoms with Crippen LogP contribution in [0.15, 0.2) is 42.6 Å². The highest BCUT2D eigenvalue weighted by atomic mass is 19.4. The average molecular weight is 365 g/mol. The van der Waals surface area contributed by atoms with Gasteiger partial charge in [-0.15, -0.1) is 0 Å². The number of halogens is 3. The number of alkyl halides is 3. The lowest BCUT2D eigenvalue weighted by Gasteiger charge is -2.13. The van der Waals surface area contributed by atoms with Crippen LogP contribution in [-0.2, 0) is 6.18 Å². The van der Waals surface area contributed by atoms with Gasteiger partial charge in [-0.05, 0) is 30.2 Å². The van der Waals surface area contributed by atoms with E-state index in [4.69, 9.17) is 0 Å². The van der Waals surface area contributed by atoms with Crippen LogP contribution in [0.4, 0.5) is 18.9 Å². The van der Waals surface area contributed by atoms with Crippen molar-refractivity contribution >= 4 is 17.5 Å². The summed E-state index contributed by atoms with van der Waals surface area (Å²) in [7, 11) is 0. The predicted octanol–water partition coefficient (Wildman–Crippen LogP) is 3.74. The van der Waals surface area contributed by atoms with Crippen LogP contribution in [0.25, 0.3) is 0 Å². The first kappa shape index (κ1) is 19.4. The van der Waals surface area contributed by atoms with E-state index >= 15 is 0 Å². The van der Waals surface area contributed by atoms with Crippen LogP contribution in [-0.4, -0.2) is 23.3 Å². The third kappa shape index (κ3) is 5.05. The maximum Gasteiger partial charge on any atom is 0.418 e. The molecule has 0 bridgehead atoms. The summed E-state index contributed by atoms with van der Waals surface area (Å²) in [5.74, 6) is -0.964. The monoisotopic (exact) mass is 365 g/mol. The first-order valence-corrected chi connectivity index (χ1v) is 7.90. The predicted molar refractivity (Wildman–Crippen MR) is 90.8 cm³/mol. The normalized spacial score (nSPS) is 11.3. The number of amides is 2. The van der Waals surface area contributed by atoms with E-state index in [2.05, 4.69) is 15.6 Å². The van der Waals surface area contributed by atoms with Gasteiger partial charge in [-0.1, -0.05) is 26.0 Å². The van der Waals surface area contributed by atoms with Crippen molar-refractivity contribution in [2.45, 2.75) is 20.0 Å². The second-order valence-electron chi connectivity index (χ2n) is 6.03. The van der Waals surface area contributed by atoms with Crippen LogP contribution in [0.1, 0.15) is 40.3 Å². The minimum atomic E-state index is -4.60. The van der Waals surface area contributed by atoms with Crippen LogP contribution in [0.3, 0.4) is 0 Å². The van der Waals surface area contributed by atoms with Crippen molar-refractivity contribution in [2.24, 2.45) is 5.92 Å². The fourth-order valence-corrected chi connectivity index (χ4v) is 2.12. The van der Waals surface area contributed by atoms with Gasteiger partial charge in [-0.2, -0.15) is 13.2 Å².